The Morgan fingerprint density at radius 3 is 2.44 bits per heavy atom. The molecular weight excluding hydrogens is 366 g/mol. The van der Waals surface area contributed by atoms with Gasteiger partial charge in [0.25, 0.3) is 0 Å². The molecular formula is C19H23N3O4S. The Kier molecular flexibility index (Phi) is 5.38. The minimum Gasteiger partial charge on any atom is -0.408 e. The number of nitrogens with zero attached hydrogens (tertiary/aromatic N) is 2. The van der Waals surface area contributed by atoms with Gasteiger partial charge < -0.3 is 9.32 Å². The molecule has 8 heteroatoms. The highest BCUT2D eigenvalue weighted by Crippen LogP contribution is 2.18. The number of hydrogen-bond acceptors (Lipinski definition) is 5. The monoisotopic (exact) mass is 389 g/mol. The van der Waals surface area contributed by atoms with Crippen LogP contribution in [0.4, 0.5) is 5.69 Å². The van der Waals surface area contributed by atoms with E-state index in [-0.39, 0.29) is 17.0 Å². The van der Waals surface area contributed by atoms with Gasteiger partial charge in [-0.1, -0.05) is 12.1 Å². The lowest BCUT2D eigenvalue weighted by Crippen LogP contribution is -2.26. The largest absolute Gasteiger partial charge is 0.419 e. The molecule has 0 aliphatic heterocycles. The quantitative estimate of drug-likeness (QED) is 0.670. The van der Waals surface area contributed by atoms with Crippen LogP contribution in [0.1, 0.15) is 12.5 Å². The Morgan fingerprint density at radius 1 is 1.11 bits per heavy atom. The van der Waals surface area contributed by atoms with Crippen LogP contribution in [0.25, 0.3) is 11.1 Å². The van der Waals surface area contributed by atoms with Gasteiger partial charge in [-0.2, -0.15) is 0 Å². The normalized spacial score (nSPS) is 11.8. The second kappa shape index (κ2) is 7.58. The number of aryl methyl sites for hydroxylation is 1. The molecule has 0 aliphatic rings. The maximum absolute atomic E-state index is 12.5. The zero-order valence-electron chi connectivity index (χ0n) is 15.6. The van der Waals surface area contributed by atoms with Gasteiger partial charge >= 0.3 is 5.76 Å². The van der Waals surface area contributed by atoms with Crippen LogP contribution in [0.15, 0.2) is 56.6 Å². The Morgan fingerprint density at radius 2 is 1.81 bits per heavy atom. The highest BCUT2D eigenvalue weighted by Gasteiger charge is 2.17. The summed E-state index contributed by atoms with van der Waals surface area (Å²) in [6.45, 7) is 2.57. The minimum atomic E-state index is -3.68. The van der Waals surface area contributed by atoms with Gasteiger partial charge in [-0.3, -0.25) is 4.57 Å². The van der Waals surface area contributed by atoms with Crippen molar-refractivity contribution in [2.75, 3.05) is 25.5 Å². The van der Waals surface area contributed by atoms with Crippen LogP contribution < -0.4 is 15.4 Å². The number of sulfonamides is 1. The Hall–Kier alpha value is -2.58. The molecule has 1 N–H and O–H groups in total. The summed E-state index contributed by atoms with van der Waals surface area (Å²) < 4.78 is 34.2. The van der Waals surface area contributed by atoms with Gasteiger partial charge in [0.1, 0.15) is 0 Å². The third kappa shape index (κ3) is 4.06. The fourth-order valence-electron chi connectivity index (χ4n) is 2.89. The summed E-state index contributed by atoms with van der Waals surface area (Å²) in [5, 5.41) is 0. The lowest BCUT2D eigenvalue weighted by molar-refractivity contribution is 0.512. The third-order valence-corrected chi connectivity index (χ3v) is 5.88. The number of benzene rings is 2. The van der Waals surface area contributed by atoms with Crippen molar-refractivity contribution in [3.05, 3.63) is 58.6 Å². The first-order valence-electron chi connectivity index (χ1n) is 8.71. The zero-order valence-corrected chi connectivity index (χ0v) is 16.4. The molecule has 0 bridgehead atoms. The maximum Gasteiger partial charge on any atom is 0.419 e. The van der Waals surface area contributed by atoms with Crippen LogP contribution in [0.2, 0.25) is 0 Å². The summed E-state index contributed by atoms with van der Waals surface area (Å²) >= 11 is 0. The lowest BCUT2D eigenvalue weighted by Gasteiger charge is -2.12. The average molecular weight is 389 g/mol. The highest BCUT2D eigenvalue weighted by atomic mass is 32.2. The fourth-order valence-corrected chi connectivity index (χ4v) is 3.93. The number of rotatable bonds is 7. The average Bonchev–Trinajstić information content (AvgIpc) is 2.96. The van der Waals surface area contributed by atoms with Crippen molar-refractivity contribution < 1.29 is 12.8 Å². The molecule has 1 aromatic heterocycles. The molecule has 2 aromatic carbocycles. The van der Waals surface area contributed by atoms with E-state index in [9.17, 15) is 13.2 Å². The molecule has 0 amide bonds. The molecule has 0 radical (unpaired) electrons. The molecule has 0 saturated heterocycles. The predicted octanol–water partition coefficient (Wildman–Crippen LogP) is 2.20. The molecule has 1 heterocycles. The van der Waals surface area contributed by atoms with Gasteiger partial charge in [0.15, 0.2) is 5.58 Å². The lowest BCUT2D eigenvalue weighted by atomic mass is 10.1. The molecule has 3 rings (SSSR count). The Bertz CT molecular complexity index is 1100. The number of fused-ring (bicyclic) bond motifs is 1. The van der Waals surface area contributed by atoms with Crippen molar-refractivity contribution in [2.24, 2.45) is 0 Å². The van der Waals surface area contributed by atoms with Crippen molar-refractivity contribution >= 4 is 26.8 Å². The molecule has 144 valence electrons. The van der Waals surface area contributed by atoms with Crippen LogP contribution in [0.5, 0.6) is 0 Å². The van der Waals surface area contributed by atoms with E-state index in [0.717, 1.165) is 11.3 Å². The second-order valence-corrected chi connectivity index (χ2v) is 8.22. The topological polar surface area (TPSA) is 84.5 Å². The summed E-state index contributed by atoms with van der Waals surface area (Å²) in [7, 11) is 0.255. The zero-order chi connectivity index (χ0) is 19.6. The van der Waals surface area contributed by atoms with E-state index in [0.29, 0.717) is 18.5 Å². The predicted molar refractivity (Wildman–Crippen MR) is 106 cm³/mol. The number of nitrogens with one attached hydrogen (secondary N) is 1. The van der Waals surface area contributed by atoms with Crippen LogP contribution in [0, 0.1) is 0 Å². The summed E-state index contributed by atoms with van der Waals surface area (Å²) in [5.74, 6) is -0.490. The molecule has 0 fully saturated rings. The van der Waals surface area contributed by atoms with E-state index >= 15 is 0 Å². The smallest absolute Gasteiger partial charge is 0.408 e. The van der Waals surface area contributed by atoms with Crippen LogP contribution in [-0.4, -0.2) is 33.6 Å². The first kappa shape index (κ1) is 19.2. The minimum absolute atomic E-state index is 0.0787. The van der Waals surface area contributed by atoms with Gasteiger partial charge in [-0.15, -0.1) is 0 Å². The van der Waals surface area contributed by atoms with E-state index in [1.807, 2.05) is 50.2 Å². The number of hydrogen-bond donors (Lipinski definition) is 1. The summed E-state index contributed by atoms with van der Waals surface area (Å²) in [4.78, 5) is 13.8. The maximum atomic E-state index is 12.5. The molecule has 27 heavy (non-hydrogen) atoms. The molecule has 3 aromatic rings. The second-order valence-electron chi connectivity index (χ2n) is 6.45. The van der Waals surface area contributed by atoms with Crippen LogP contribution in [-0.2, 0) is 23.0 Å². The van der Waals surface area contributed by atoms with Gasteiger partial charge in [0, 0.05) is 38.9 Å². The van der Waals surface area contributed by atoms with Gasteiger partial charge in [0.05, 0.1) is 10.4 Å². The van der Waals surface area contributed by atoms with Crippen molar-refractivity contribution in [1.29, 1.82) is 0 Å². The molecule has 0 aliphatic carbocycles. The van der Waals surface area contributed by atoms with E-state index in [1.165, 1.54) is 16.7 Å². The number of anilines is 1. The summed E-state index contributed by atoms with van der Waals surface area (Å²) in [6.07, 6.45) is 0.580. The van der Waals surface area contributed by atoms with Gasteiger partial charge in [0.2, 0.25) is 10.0 Å². The Labute approximate surface area is 158 Å². The van der Waals surface area contributed by atoms with Crippen LogP contribution >= 0.6 is 0 Å². The van der Waals surface area contributed by atoms with E-state index in [2.05, 4.69) is 4.72 Å². The van der Waals surface area contributed by atoms with E-state index in [1.54, 1.807) is 6.07 Å². The molecule has 0 spiro atoms. The van der Waals surface area contributed by atoms with Crippen molar-refractivity contribution in [1.82, 2.24) is 9.29 Å². The van der Waals surface area contributed by atoms with E-state index in [4.69, 9.17) is 4.42 Å². The standard InChI is InChI=1S/C19H23N3O4S/c1-4-22-17-10-9-16(13-18(17)26-19(22)23)27(24,25)20-12-11-14-5-7-15(8-6-14)21(2)3/h5-10,13,20H,4,11-12H2,1-3H3. The molecule has 7 nitrogen and oxygen atoms in total. The molecule has 0 unspecified atom stereocenters. The highest BCUT2D eigenvalue weighted by molar-refractivity contribution is 7.89. The van der Waals surface area contributed by atoms with E-state index < -0.39 is 15.8 Å². The van der Waals surface area contributed by atoms with Crippen molar-refractivity contribution in [2.45, 2.75) is 24.8 Å². The summed E-state index contributed by atoms with van der Waals surface area (Å²) in [5.41, 5.74) is 2.99. The first-order chi connectivity index (χ1) is 12.8. The van der Waals surface area contributed by atoms with Crippen molar-refractivity contribution in [3.8, 4) is 0 Å². The number of oxazole rings is 1. The van der Waals surface area contributed by atoms with Crippen LogP contribution in [0.3, 0.4) is 0 Å². The SMILES string of the molecule is CCn1c(=O)oc2cc(S(=O)(=O)NCCc3ccc(N(C)C)cc3)ccc21. The van der Waals surface area contributed by atoms with Gasteiger partial charge in [-0.05, 0) is 43.2 Å². The van der Waals surface area contributed by atoms with Gasteiger partial charge in [-0.25, -0.2) is 17.9 Å². The number of aromatic nitrogens is 1. The fraction of sp³-hybridized carbons (Fsp3) is 0.316. The third-order valence-electron chi connectivity index (χ3n) is 4.42. The summed E-state index contributed by atoms with van der Waals surface area (Å²) in [6, 6.07) is 12.4. The van der Waals surface area contributed by atoms with Crippen molar-refractivity contribution in [3.63, 3.8) is 0 Å². The first-order valence-corrected chi connectivity index (χ1v) is 10.2. The molecule has 0 saturated carbocycles. The Balaban J connectivity index is 1.71. The molecule has 0 atom stereocenters.